The minimum absolute atomic E-state index is 0.0206. The third kappa shape index (κ3) is 3.40. The maximum atomic E-state index is 12.4. The number of aryl methyl sites for hydroxylation is 1. The number of para-hydroxylation sites is 1. The molecule has 0 aliphatic carbocycles. The molecule has 1 amide bonds. The van der Waals surface area contributed by atoms with Gasteiger partial charge in [0.15, 0.2) is 0 Å². The normalized spacial score (nSPS) is 24.8. The molecule has 1 aliphatic heterocycles. The van der Waals surface area contributed by atoms with E-state index in [9.17, 15) is 9.59 Å². The lowest BCUT2D eigenvalue weighted by Crippen LogP contribution is -2.47. The molecule has 1 fully saturated rings. The summed E-state index contributed by atoms with van der Waals surface area (Å²) in [5, 5.41) is 11.6. The van der Waals surface area contributed by atoms with Crippen LogP contribution in [0.25, 0.3) is 0 Å². The Hall–Kier alpha value is -1.92. The van der Waals surface area contributed by atoms with Crippen molar-refractivity contribution >= 4 is 17.6 Å². The van der Waals surface area contributed by atoms with Crippen LogP contribution in [0.3, 0.4) is 0 Å². The molecule has 1 aromatic carbocycles. The first-order chi connectivity index (χ1) is 9.93. The van der Waals surface area contributed by atoms with E-state index in [1.54, 1.807) is 19.1 Å². The number of carbonyl (C=O) groups is 2. The second kappa shape index (κ2) is 6.24. The lowest BCUT2D eigenvalue weighted by Gasteiger charge is -2.26. The number of anilines is 1. The summed E-state index contributed by atoms with van der Waals surface area (Å²) in [6, 6.07) is 6.85. The van der Waals surface area contributed by atoms with Gasteiger partial charge in [0.1, 0.15) is 0 Å². The first-order valence-corrected chi connectivity index (χ1v) is 6.88. The van der Waals surface area contributed by atoms with Crippen molar-refractivity contribution in [2.45, 2.75) is 25.8 Å². The van der Waals surface area contributed by atoms with Gasteiger partial charge in [-0.2, -0.15) is 0 Å². The number of nitrogens with one attached hydrogen (secondary N) is 1. The van der Waals surface area contributed by atoms with Crippen LogP contribution in [0.1, 0.15) is 18.9 Å². The molecule has 0 bridgehead atoms. The van der Waals surface area contributed by atoms with E-state index in [0.717, 1.165) is 5.56 Å². The molecule has 6 heteroatoms. The number of ether oxygens (including phenoxy) is 1. The molecule has 2 atom stereocenters. The molecule has 0 aromatic heterocycles. The minimum atomic E-state index is -0.866. The Labute approximate surface area is 123 Å². The van der Waals surface area contributed by atoms with Crippen molar-refractivity contribution in [3.63, 3.8) is 0 Å². The van der Waals surface area contributed by atoms with E-state index in [2.05, 4.69) is 5.32 Å². The molecule has 21 heavy (non-hydrogen) atoms. The minimum Gasteiger partial charge on any atom is -0.481 e. The van der Waals surface area contributed by atoms with E-state index in [1.165, 1.54) is 0 Å². The van der Waals surface area contributed by atoms with Crippen molar-refractivity contribution in [2.24, 2.45) is 11.1 Å². The third-order valence-electron chi connectivity index (χ3n) is 3.91. The summed E-state index contributed by atoms with van der Waals surface area (Å²) in [5.74, 6) is -1.07. The van der Waals surface area contributed by atoms with E-state index in [4.69, 9.17) is 15.6 Å². The molecule has 1 aromatic rings. The highest BCUT2D eigenvalue weighted by Crippen LogP contribution is 2.29. The van der Waals surface area contributed by atoms with Gasteiger partial charge < -0.3 is 20.9 Å². The molecule has 1 heterocycles. The molecule has 0 radical (unpaired) electrons. The molecule has 0 spiro atoms. The molecule has 0 saturated carbocycles. The van der Waals surface area contributed by atoms with Crippen LogP contribution in [-0.2, 0) is 20.7 Å². The maximum Gasteiger partial charge on any atom is 0.303 e. The standard InChI is InChI=1S/C15H20N2O4/c1-15(9-21-8-12(15)16)14(20)17-11-5-3-2-4-10(11)6-7-13(18)19/h2-5,12H,6-9,16H2,1H3,(H,17,20)(H,18,19). The Morgan fingerprint density at radius 2 is 2.19 bits per heavy atom. The van der Waals surface area contributed by atoms with Gasteiger partial charge in [-0.25, -0.2) is 0 Å². The number of aliphatic carboxylic acids is 1. The highest BCUT2D eigenvalue weighted by molar-refractivity contribution is 5.96. The monoisotopic (exact) mass is 292 g/mol. The Balaban J connectivity index is 2.12. The summed E-state index contributed by atoms with van der Waals surface area (Å²) in [5.41, 5.74) is 6.60. The fourth-order valence-electron chi connectivity index (χ4n) is 2.29. The van der Waals surface area contributed by atoms with Crippen molar-refractivity contribution in [1.29, 1.82) is 0 Å². The fraction of sp³-hybridized carbons (Fsp3) is 0.467. The van der Waals surface area contributed by atoms with E-state index >= 15 is 0 Å². The largest absolute Gasteiger partial charge is 0.481 e. The molecule has 4 N–H and O–H groups in total. The predicted octanol–water partition coefficient (Wildman–Crippen LogP) is 1.01. The lowest BCUT2D eigenvalue weighted by atomic mass is 9.84. The zero-order chi connectivity index (χ0) is 15.5. The summed E-state index contributed by atoms with van der Waals surface area (Å²) < 4.78 is 5.28. The van der Waals surface area contributed by atoms with Crippen LogP contribution >= 0.6 is 0 Å². The number of nitrogens with two attached hydrogens (primary N) is 1. The summed E-state index contributed by atoms with van der Waals surface area (Å²) in [4.78, 5) is 23.1. The van der Waals surface area contributed by atoms with Gasteiger partial charge in [-0.3, -0.25) is 9.59 Å². The predicted molar refractivity (Wildman–Crippen MR) is 77.9 cm³/mol. The van der Waals surface area contributed by atoms with Gasteiger partial charge in [0.2, 0.25) is 5.91 Å². The summed E-state index contributed by atoms with van der Waals surface area (Å²) in [6.45, 7) is 2.43. The van der Waals surface area contributed by atoms with Gasteiger partial charge in [0.25, 0.3) is 0 Å². The van der Waals surface area contributed by atoms with Crippen molar-refractivity contribution in [3.05, 3.63) is 29.8 Å². The van der Waals surface area contributed by atoms with Crippen LogP contribution in [-0.4, -0.2) is 36.2 Å². The van der Waals surface area contributed by atoms with Gasteiger partial charge in [-0.05, 0) is 25.0 Å². The second-order valence-electron chi connectivity index (χ2n) is 5.54. The van der Waals surface area contributed by atoms with E-state index < -0.39 is 11.4 Å². The first-order valence-electron chi connectivity index (χ1n) is 6.88. The number of hydrogen-bond donors (Lipinski definition) is 3. The topological polar surface area (TPSA) is 102 Å². The molecule has 1 saturated heterocycles. The average molecular weight is 292 g/mol. The number of benzene rings is 1. The Bertz CT molecular complexity index is 546. The number of carboxylic acids is 1. The smallest absolute Gasteiger partial charge is 0.303 e. The van der Waals surface area contributed by atoms with E-state index in [0.29, 0.717) is 18.7 Å². The third-order valence-corrected chi connectivity index (χ3v) is 3.91. The van der Waals surface area contributed by atoms with Crippen molar-refractivity contribution < 1.29 is 19.4 Å². The SMILES string of the molecule is CC1(C(=O)Nc2ccccc2CCC(=O)O)COCC1N. The number of carboxylic acid groups (broad SMARTS) is 1. The molecule has 1 aliphatic rings. The summed E-state index contributed by atoms with van der Waals surface area (Å²) in [6.07, 6.45) is 0.387. The second-order valence-corrected chi connectivity index (χ2v) is 5.54. The Morgan fingerprint density at radius 1 is 1.48 bits per heavy atom. The fourth-order valence-corrected chi connectivity index (χ4v) is 2.29. The highest BCUT2D eigenvalue weighted by atomic mass is 16.5. The maximum absolute atomic E-state index is 12.4. The van der Waals surface area contributed by atoms with Crippen LogP contribution in [0, 0.1) is 5.41 Å². The lowest BCUT2D eigenvalue weighted by molar-refractivity contribution is -0.137. The zero-order valence-corrected chi connectivity index (χ0v) is 12.0. The van der Waals surface area contributed by atoms with Crippen molar-refractivity contribution in [2.75, 3.05) is 18.5 Å². The number of rotatable bonds is 5. The van der Waals surface area contributed by atoms with Crippen LogP contribution in [0.5, 0.6) is 0 Å². The highest BCUT2D eigenvalue weighted by Gasteiger charge is 2.44. The summed E-state index contributed by atoms with van der Waals surface area (Å²) in [7, 11) is 0. The van der Waals surface area contributed by atoms with Gasteiger partial charge in [-0.1, -0.05) is 18.2 Å². The molecular weight excluding hydrogens is 272 g/mol. The quantitative estimate of drug-likeness (QED) is 0.751. The average Bonchev–Trinajstić information content (AvgIpc) is 2.79. The van der Waals surface area contributed by atoms with E-state index in [-0.39, 0.29) is 25.0 Å². The van der Waals surface area contributed by atoms with Gasteiger partial charge in [-0.15, -0.1) is 0 Å². The Kier molecular flexibility index (Phi) is 4.59. The van der Waals surface area contributed by atoms with Crippen molar-refractivity contribution in [1.82, 2.24) is 0 Å². The van der Waals surface area contributed by atoms with Gasteiger partial charge >= 0.3 is 5.97 Å². The van der Waals surface area contributed by atoms with Crippen LogP contribution in [0.4, 0.5) is 5.69 Å². The van der Waals surface area contributed by atoms with Crippen LogP contribution in [0.2, 0.25) is 0 Å². The van der Waals surface area contributed by atoms with Gasteiger partial charge in [0, 0.05) is 18.2 Å². The molecular formula is C15H20N2O4. The molecule has 2 unspecified atom stereocenters. The Morgan fingerprint density at radius 3 is 2.81 bits per heavy atom. The number of amides is 1. The van der Waals surface area contributed by atoms with Crippen molar-refractivity contribution in [3.8, 4) is 0 Å². The van der Waals surface area contributed by atoms with E-state index in [1.807, 2.05) is 12.1 Å². The number of hydrogen-bond acceptors (Lipinski definition) is 4. The van der Waals surface area contributed by atoms with Crippen LogP contribution in [0.15, 0.2) is 24.3 Å². The van der Waals surface area contributed by atoms with Crippen LogP contribution < -0.4 is 11.1 Å². The van der Waals surface area contributed by atoms with Gasteiger partial charge in [0.05, 0.1) is 18.6 Å². The molecule has 6 nitrogen and oxygen atoms in total. The molecule has 114 valence electrons. The number of carbonyl (C=O) groups excluding carboxylic acids is 1. The molecule has 2 rings (SSSR count). The zero-order valence-electron chi connectivity index (χ0n) is 12.0. The first kappa shape index (κ1) is 15.5. The summed E-state index contributed by atoms with van der Waals surface area (Å²) >= 11 is 0.